The third kappa shape index (κ3) is 5.56. The molecule has 9 nitrogen and oxygen atoms in total. The standard InChI is InChI=1S/C16H25FN4O5S/c1-11-15(17)16(21(20-11)10-14(24)18-7-8-22)13(23)9-19-27(25,26)12-5-3-2-4-6-12/h12,19,22H,2-10H2,1H3,(H,18,24). The van der Waals surface area contributed by atoms with Crippen molar-refractivity contribution >= 4 is 21.7 Å². The summed E-state index contributed by atoms with van der Waals surface area (Å²) < 4.78 is 42.1. The molecule has 0 aliphatic heterocycles. The molecule has 1 aromatic heterocycles. The van der Waals surface area contributed by atoms with Gasteiger partial charge in [0, 0.05) is 6.54 Å². The highest BCUT2D eigenvalue weighted by molar-refractivity contribution is 7.90. The van der Waals surface area contributed by atoms with E-state index in [1.165, 1.54) is 6.92 Å². The van der Waals surface area contributed by atoms with Crippen molar-refractivity contribution in [3.63, 3.8) is 0 Å². The average Bonchev–Trinajstić information content (AvgIpc) is 2.92. The van der Waals surface area contributed by atoms with Gasteiger partial charge in [0.1, 0.15) is 12.2 Å². The minimum Gasteiger partial charge on any atom is -0.395 e. The summed E-state index contributed by atoms with van der Waals surface area (Å²) >= 11 is 0. The number of rotatable bonds is 9. The maximum absolute atomic E-state index is 14.3. The third-order valence-electron chi connectivity index (χ3n) is 4.47. The normalized spacial score (nSPS) is 15.7. The molecule has 0 spiro atoms. The van der Waals surface area contributed by atoms with E-state index < -0.39 is 51.6 Å². The lowest BCUT2D eigenvalue weighted by atomic mass is 10.0. The van der Waals surface area contributed by atoms with Crippen LogP contribution < -0.4 is 10.0 Å². The Morgan fingerprint density at radius 2 is 1.96 bits per heavy atom. The minimum absolute atomic E-state index is 0.0199. The predicted molar refractivity (Wildman–Crippen MR) is 95.1 cm³/mol. The molecule has 1 fully saturated rings. The third-order valence-corrected chi connectivity index (χ3v) is 6.37. The number of nitrogens with zero attached hydrogens (tertiary/aromatic N) is 2. The molecule has 0 bridgehead atoms. The molecule has 1 amide bonds. The number of aliphatic hydroxyl groups excluding tert-OH is 1. The minimum atomic E-state index is -3.67. The number of carbonyl (C=O) groups is 2. The fourth-order valence-electron chi connectivity index (χ4n) is 3.07. The van der Waals surface area contributed by atoms with Crippen LogP contribution in [0.25, 0.3) is 0 Å². The smallest absolute Gasteiger partial charge is 0.241 e. The number of aliphatic hydroxyl groups is 1. The predicted octanol–water partition coefficient (Wildman–Crippen LogP) is -0.126. The van der Waals surface area contributed by atoms with Gasteiger partial charge in [0.25, 0.3) is 0 Å². The fraction of sp³-hybridized carbons (Fsp3) is 0.688. The zero-order valence-corrected chi connectivity index (χ0v) is 16.0. The number of ketones is 1. The van der Waals surface area contributed by atoms with Crippen LogP contribution in [-0.2, 0) is 21.4 Å². The lowest BCUT2D eigenvalue weighted by molar-refractivity contribution is -0.122. The van der Waals surface area contributed by atoms with Gasteiger partial charge < -0.3 is 10.4 Å². The summed E-state index contributed by atoms with van der Waals surface area (Å²) in [6.45, 7) is 0.0970. The maximum atomic E-state index is 14.3. The first-order valence-corrected chi connectivity index (χ1v) is 10.4. The van der Waals surface area contributed by atoms with E-state index >= 15 is 0 Å². The number of halogens is 1. The van der Waals surface area contributed by atoms with Crippen molar-refractivity contribution in [2.24, 2.45) is 0 Å². The molecule has 27 heavy (non-hydrogen) atoms. The molecule has 1 aliphatic rings. The van der Waals surface area contributed by atoms with Crippen molar-refractivity contribution in [3.05, 3.63) is 17.2 Å². The summed E-state index contributed by atoms with van der Waals surface area (Å²) in [5.41, 5.74) is -0.513. The Hall–Kier alpha value is -1.85. The quantitative estimate of drug-likeness (QED) is 0.492. The van der Waals surface area contributed by atoms with Crippen LogP contribution in [0.3, 0.4) is 0 Å². The number of carbonyl (C=O) groups excluding carboxylic acids is 2. The molecular weight excluding hydrogens is 379 g/mol. The maximum Gasteiger partial charge on any atom is 0.241 e. The van der Waals surface area contributed by atoms with E-state index in [1.54, 1.807) is 0 Å². The molecule has 0 radical (unpaired) electrons. The molecule has 2 rings (SSSR count). The SMILES string of the molecule is Cc1nn(CC(=O)NCCO)c(C(=O)CNS(=O)(=O)C2CCCCC2)c1F. The Morgan fingerprint density at radius 3 is 2.59 bits per heavy atom. The molecule has 0 atom stereocenters. The summed E-state index contributed by atoms with van der Waals surface area (Å²) in [6.07, 6.45) is 3.72. The number of hydrogen-bond acceptors (Lipinski definition) is 6. The Bertz CT molecular complexity index is 787. The number of sulfonamides is 1. The van der Waals surface area contributed by atoms with Crippen LogP contribution in [0.4, 0.5) is 4.39 Å². The number of nitrogens with one attached hydrogen (secondary N) is 2. The Morgan fingerprint density at radius 1 is 1.30 bits per heavy atom. The topological polar surface area (TPSA) is 130 Å². The summed E-state index contributed by atoms with van der Waals surface area (Å²) in [5.74, 6) is -2.24. The van der Waals surface area contributed by atoms with Gasteiger partial charge in [-0.05, 0) is 19.8 Å². The molecule has 0 saturated heterocycles. The molecule has 1 saturated carbocycles. The van der Waals surface area contributed by atoms with Crippen LogP contribution in [0.15, 0.2) is 0 Å². The highest BCUT2D eigenvalue weighted by atomic mass is 32.2. The van der Waals surface area contributed by atoms with Gasteiger partial charge in [-0.25, -0.2) is 22.2 Å². The van der Waals surface area contributed by atoms with E-state index in [1.807, 2.05) is 0 Å². The first-order chi connectivity index (χ1) is 12.8. The van der Waals surface area contributed by atoms with Crippen LogP contribution >= 0.6 is 0 Å². The van der Waals surface area contributed by atoms with Gasteiger partial charge >= 0.3 is 0 Å². The number of Topliss-reactive ketones (excluding diaryl/α,β-unsaturated/α-hetero) is 1. The molecule has 1 heterocycles. The van der Waals surface area contributed by atoms with Crippen molar-refractivity contribution in [1.29, 1.82) is 0 Å². The Kier molecular flexibility index (Phi) is 7.45. The monoisotopic (exact) mass is 404 g/mol. The largest absolute Gasteiger partial charge is 0.395 e. The molecular formula is C16H25FN4O5S. The number of aryl methyl sites for hydroxylation is 1. The van der Waals surface area contributed by atoms with Crippen LogP contribution in [0.5, 0.6) is 0 Å². The van der Waals surface area contributed by atoms with Gasteiger partial charge in [0.2, 0.25) is 15.9 Å². The summed E-state index contributed by atoms with van der Waals surface area (Å²) in [4.78, 5) is 24.2. The summed E-state index contributed by atoms with van der Waals surface area (Å²) in [6, 6.07) is 0. The lowest BCUT2D eigenvalue weighted by Gasteiger charge is -2.21. The van der Waals surface area contributed by atoms with Crippen molar-refractivity contribution < 1.29 is 27.5 Å². The molecule has 3 N–H and O–H groups in total. The van der Waals surface area contributed by atoms with E-state index in [4.69, 9.17) is 5.11 Å². The molecule has 0 unspecified atom stereocenters. The van der Waals surface area contributed by atoms with Gasteiger partial charge in [-0.2, -0.15) is 5.10 Å². The molecule has 152 valence electrons. The highest BCUT2D eigenvalue weighted by Crippen LogP contribution is 2.23. The van der Waals surface area contributed by atoms with Crippen LogP contribution in [0.2, 0.25) is 0 Å². The van der Waals surface area contributed by atoms with E-state index in [0.29, 0.717) is 12.8 Å². The second-order valence-corrected chi connectivity index (χ2v) is 8.57. The second kappa shape index (κ2) is 9.38. The Balaban J connectivity index is 2.07. The van der Waals surface area contributed by atoms with Gasteiger partial charge in [-0.15, -0.1) is 0 Å². The van der Waals surface area contributed by atoms with Crippen LogP contribution in [0, 0.1) is 12.7 Å². The number of aromatic nitrogens is 2. The first-order valence-electron chi connectivity index (χ1n) is 8.88. The summed E-state index contributed by atoms with van der Waals surface area (Å²) in [7, 11) is -3.67. The number of amides is 1. The van der Waals surface area contributed by atoms with E-state index in [2.05, 4.69) is 15.1 Å². The lowest BCUT2D eigenvalue weighted by Crippen LogP contribution is -2.39. The van der Waals surface area contributed by atoms with Gasteiger partial charge in [-0.3, -0.25) is 9.59 Å². The zero-order chi connectivity index (χ0) is 20.0. The number of hydrogen-bond donors (Lipinski definition) is 3. The molecule has 1 aromatic rings. The van der Waals surface area contributed by atoms with Crippen molar-refractivity contribution in [2.45, 2.75) is 50.8 Å². The van der Waals surface area contributed by atoms with E-state index in [9.17, 15) is 22.4 Å². The molecule has 1 aliphatic carbocycles. The zero-order valence-electron chi connectivity index (χ0n) is 15.2. The van der Waals surface area contributed by atoms with Crippen molar-refractivity contribution in [2.75, 3.05) is 19.7 Å². The van der Waals surface area contributed by atoms with E-state index in [0.717, 1.165) is 23.9 Å². The first kappa shape index (κ1) is 21.5. The summed E-state index contributed by atoms with van der Waals surface area (Å²) in [5, 5.41) is 14.4. The molecule has 0 aromatic carbocycles. The van der Waals surface area contributed by atoms with Crippen LogP contribution in [0.1, 0.15) is 48.3 Å². The molecule has 11 heteroatoms. The van der Waals surface area contributed by atoms with Gasteiger partial charge in [0.15, 0.2) is 11.6 Å². The van der Waals surface area contributed by atoms with Gasteiger partial charge in [0.05, 0.1) is 24.1 Å². The van der Waals surface area contributed by atoms with Crippen LogP contribution in [-0.4, -0.2) is 59.9 Å². The highest BCUT2D eigenvalue weighted by Gasteiger charge is 2.29. The van der Waals surface area contributed by atoms with E-state index in [-0.39, 0.29) is 18.8 Å². The van der Waals surface area contributed by atoms with Crippen molar-refractivity contribution in [1.82, 2.24) is 19.8 Å². The van der Waals surface area contributed by atoms with Gasteiger partial charge in [-0.1, -0.05) is 19.3 Å². The second-order valence-electron chi connectivity index (χ2n) is 6.53. The van der Waals surface area contributed by atoms with Crippen molar-refractivity contribution in [3.8, 4) is 0 Å². The average molecular weight is 404 g/mol. The Labute approximate surface area is 157 Å². The fourth-order valence-corrected chi connectivity index (χ4v) is 4.59.